The molecule has 0 atom stereocenters. The molecule has 0 bridgehead atoms. The minimum absolute atomic E-state index is 0.0247. The van der Waals surface area contributed by atoms with E-state index in [1.54, 1.807) is 18.2 Å². The Bertz CT molecular complexity index is 711. The molecule has 0 aliphatic carbocycles. The van der Waals surface area contributed by atoms with Gasteiger partial charge in [0.1, 0.15) is 0 Å². The molecule has 23 heavy (non-hydrogen) atoms. The van der Waals surface area contributed by atoms with Crippen molar-refractivity contribution in [3.63, 3.8) is 0 Å². The third-order valence-corrected chi connectivity index (χ3v) is 2.99. The highest BCUT2D eigenvalue weighted by atomic mass is 19.1. The van der Waals surface area contributed by atoms with Gasteiger partial charge in [-0.15, -0.1) is 0 Å². The van der Waals surface area contributed by atoms with E-state index in [2.05, 4.69) is 10.9 Å². The number of hydrogen-bond donors (Lipinski definition) is 2. The van der Waals surface area contributed by atoms with Crippen molar-refractivity contribution in [2.75, 3.05) is 6.61 Å². The Kier molecular flexibility index (Phi) is 5.30. The zero-order valence-electron chi connectivity index (χ0n) is 12.9. The summed E-state index contributed by atoms with van der Waals surface area (Å²) in [4.78, 5) is 23.6. The van der Waals surface area contributed by atoms with E-state index in [1.807, 2.05) is 19.9 Å². The molecule has 0 aliphatic rings. The maximum atomic E-state index is 13.3. The highest BCUT2D eigenvalue weighted by Crippen LogP contribution is 2.14. The average Bonchev–Trinajstić information content (AvgIpc) is 2.51. The van der Waals surface area contributed by atoms with Crippen LogP contribution in [0.2, 0.25) is 0 Å². The van der Waals surface area contributed by atoms with Crippen molar-refractivity contribution in [1.29, 1.82) is 0 Å². The number of carbonyl (C=O) groups is 2. The lowest BCUT2D eigenvalue weighted by Gasteiger charge is -2.10. The Morgan fingerprint density at radius 1 is 1.04 bits per heavy atom. The molecule has 0 saturated carbocycles. The van der Waals surface area contributed by atoms with E-state index in [4.69, 9.17) is 4.74 Å². The lowest BCUT2D eigenvalue weighted by Crippen LogP contribution is -2.43. The van der Waals surface area contributed by atoms with Crippen LogP contribution in [0.25, 0.3) is 0 Å². The Hall–Kier alpha value is -2.89. The molecule has 6 heteroatoms. The van der Waals surface area contributed by atoms with Gasteiger partial charge >= 0.3 is 0 Å². The van der Waals surface area contributed by atoms with Gasteiger partial charge in [0.25, 0.3) is 11.8 Å². The molecular formula is C17H17FN2O3. The van der Waals surface area contributed by atoms with Crippen LogP contribution >= 0.6 is 0 Å². The minimum Gasteiger partial charge on any atom is -0.481 e. The van der Waals surface area contributed by atoms with Crippen LogP contribution in [-0.2, 0) is 4.79 Å². The van der Waals surface area contributed by atoms with Crippen molar-refractivity contribution >= 4 is 11.8 Å². The van der Waals surface area contributed by atoms with Crippen LogP contribution in [-0.4, -0.2) is 18.4 Å². The summed E-state index contributed by atoms with van der Waals surface area (Å²) in [6, 6.07) is 11.1. The second-order valence-electron chi connectivity index (χ2n) is 5.10. The van der Waals surface area contributed by atoms with E-state index in [0.717, 1.165) is 11.1 Å². The fourth-order valence-electron chi connectivity index (χ4n) is 2.05. The number of amides is 2. The number of benzene rings is 2. The van der Waals surface area contributed by atoms with E-state index < -0.39 is 24.2 Å². The zero-order valence-corrected chi connectivity index (χ0v) is 12.9. The van der Waals surface area contributed by atoms with Crippen molar-refractivity contribution in [2.24, 2.45) is 0 Å². The summed E-state index contributed by atoms with van der Waals surface area (Å²) in [5.41, 5.74) is 6.85. The molecule has 2 rings (SSSR count). The maximum absolute atomic E-state index is 13.3. The number of carbonyl (C=O) groups excluding carboxylic acids is 2. The third kappa shape index (κ3) is 4.81. The van der Waals surface area contributed by atoms with Crippen LogP contribution in [0.1, 0.15) is 21.5 Å². The molecule has 0 aromatic heterocycles. The van der Waals surface area contributed by atoms with E-state index in [0.29, 0.717) is 5.56 Å². The largest absolute Gasteiger partial charge is 0.481 e. The summed E-state index contributed by atoms with van der Waals surface area (Å²) in [7, 11) is 0. The molecule has 0 radical (unpaired) electrons. The summed E-state index contributed by atoms with van der Waals surface area (Å²) < 4.78 is 18.4. The van der Waals surface area contributed by atoms with E-state index in [-0.39, 0.29) is 5.75 Å². The Morgan fingerprint density at radius 3 is 2.35 bits per heavy atom. The number of hydrogen-bond acceptors (Lipinski definition) is 3. The first-order valence-electron chi connectivity index (χ1n) is 7.00. The molecule has 5 nitrogen and oxygen atoms in total. The molecule has 0 saturated heterocycles. The molecular weight excluding hydrogens is 299 g/mol. The van der Waals surface area contributed by atoms with Gasteiger partial charge in [0, 0.05) is 5.56 Å². The van der Waals surface area contributed by atoms with Gasteiger partial charge in [-0.05, 0) is 38.1 Å². The zero-order chi connectivity index (χ0) is 16.8. The topological polar surface area (TPSA) is 67.4 Å². The van der Waals surface area contributed by atoms with Crippen molar-refractivity contribution in [2.45, 2.75) is 13.8 Å². The normalized spacial score (nSPS) is 10.0. The van der Waals surface area contributed by atoms with E-state index in [1.165, 1.54) is 18.2 Å². The molecule has 0 aliphatic heterocycles. The van der Waals surface area contributed by atoms with Crippen LogP contribution in [0.3, 0.4) is 0 Å². The van der Waals surface area contributed by atoms with Gasteiger partial charge in [-0.2, -0.15) is 0 Å². The standard InChI is InChI=1S/C17H17FN2O3/c1-11-7-12(2)9-13(8-11)17(22)20-19-16(21)10-23-15-6-4-3-5-14(15)18/h3-9H,10H2,1-2H3,(H,19,21)(H,20,22). The molecule has 2 aromatic rings. The Morgan fingerprint density at radius 2 is 1.70 bits per heavy atom. The lowest BCUT2D eigenvalue weighted by atomic mass is 10.1. The van der Waals surface area contributed by atoms with Gasteiger partial charge in [0.05, 0.1) is 0 Å². The molecule has 2 N–H and O–H groups in total. The summed E-state index contributed by atoms with van der Waals surface area (Å²) >= 11 is 0. The highest BCUT2D eigenvalue weighted by Gasteiger charge is 2.10. The van der Waals surface area contributed by atoms with Crippen molar-refractivity contribution in [1.82, 2.24) is 10.9 Å². The maximum Gasteiger partial charge on any atom is 0.276 e. The summed E-state index contributed by atoms with van der Waals surface area (Å²) in [5.74, 6) is -1.61. The number of ether oxygens (including phenoxy) is 1. The smallest absolute Gasteiger partial charge is 0.276 e. The van der Waals surface area contributed by atoms with Gasteiger partial charge in [-0.1, -0.05) is 29.3 Å². The van der Waals surface area contributed by atoms with Gasteiger partial charge in [-0.3, -0.25) is 20.4 Å². The number of hydrazine groups is 1. The predicted molar refractivity (Wildman–Crippen MR) is 83.4 cm³/mol. The molecule has 2 aromatic carbocycles. The monoisotopic (exact) mass is 316 g/mol. The number of nitrogens with one attached hydrogen (secondary N) is 2. The van der Waals surface area contributed by atoms with Crippen LogP contribution < -0.4 is 15.6 Å². The van der Waals surface area contributed by atoms with E-state index >= 15 is 0 Å². The minimum atomic E-state index is -0.592. The first-order chi connectivity index (χ1) is 11.0. The Balaban J connectivity index is 1.84. The summed E-state index contributed by atoms with van der Waals surface area (Å²) in [5, 5.41) is 0. The Labute approximate surface area is 133 Å². The van der Waals surface area contributed by atoms with Crippen LogP contribution in [0, 0.1) is 19.7 Å². The fourth-order valence-corrected chi connectivity index (χ4v) is 2.05. The van der Waals surface area contributed by atoms with Crippen LogP contribution in [0.15, 0.2) is 42.5 Å². The number of halogens is 1. The van der Waals surface area contributed by atoms with Crippen molar-refractivity contribution in [3.8, 4) is 5.75 Å². The van der Waals surface area contributed by atoms with E-state index in [9.17, 15) is 14.0 Å². The first-order valence-corrected chi connectivity index (χ1v) is 7.00. The summed E-state index contributed by atoms with van der Waals surface area (Å²) in [6.45, 7) is 3.35. The molecule has 0 unspecified atom stereocenters. The molecule has 0 heterocycles. The second kappa shape index (κ2) is 7.40. The molecule has 0 fully saturated rings. The molecule has 2 amide bonds. The quantitative estimate of drug-likeness (QED) is 0.851. The van der Waals surface area contributed by atoms with Gasteiger partial charge < -0.3 is 4.74 Å². The highest BCUT2D eigenvalue weighted by molar-refractivity contribution is 5.95. The number of para-hydroxylation sites is 1. The third-order valence-electron chi connectivity index (χ3n) is 2.99. The molecule has 120 valence electrons. The fraction of sp³-hybridized carbons (Fsp3) is 0.176. The van der Waals surface area contributed by atoms with Gasteiger partial charge in [0.15, 0.2) is 18.2 Å². The first kappa shape index (κ1) is 16.5. The van der Waals surface area contributed by atoms with Gasteiger partial charge in [0.2, 0.25) is 0 Å². The summed E-state index contributed by atoms with van der Waals surface area (Å²) in [6.07, 6.45) is 0. The second-order valence-corrected chi connectivity index (χ2v) is 5.10. The van der Waals surface area contributed by atoms with Crippen LogP contribution in [0.4, 0.5) is 4.39 Å². The average molecular weight is 316 g/mol. The predicted octanol–water partition coefficient (Wildman–Crippen LogP) is 2.28. The molecule has 0 spiro atoms. The SMILES string of the molecule is Cc1cc(C)cc(C(=O)NNC(=O)COc2ccccc2F)c1. The number of aryl methyl sites for hydroxylation is 2. The van der Waals surface area contributed by atoms with Gasteiger partial charge in [-0.25, -0.2) is 4.39 Å². The van der Waals surface area contributed by atoms with Crippen molar-refractivity contribution in [3.05, 3.63) is 65.0 Å². The van der Waals surface area contributed by atoms with Crippen LogP contribution in [0.5, 0.6) is 5.75 Å². The van der Waals surface area contributed by atoms with Crippen molar-refractivity contribution < 1.29 is 18.7 Å². The lowest BCUT2D eigenvalue weighted by molar-refractivity contribution is -0.123. The number of rotatable bonds is 4.